The Morgan fingerprint density at radius 3 is 2.14 bits per heavy atom. The van der Waals surface area contributed by atoms with Crippen molar-refractivity contribution < 1.29 is 24.2 Å². The SMILES string of the molecule is O=C(NC(C(=O)N[C@H]1CCCCC[C@H]1C(=O)O)C1CC1)OCC1c2ccccc2-c2ccccc21. The van der Waals surface area contributed by atoms with Gasteiger partial charge in [-0.1, -0.05) is 67.8 Å². The summed E-state index contributed by atoms with van der Waals surface area (Å²) in [7, 11) is 0. The lowest BCUT2D eigenvalue weighted by Crippen LogP contribution is -2.53. The number of fused-ring (bicyclic) bond motifs is 3. The molecule has 35 heavy (non-hydrogen) atoms. The summed E-state index contributed by atoms with van der Waals surface area (Å²) in [6.45, 7) is 0.183. The molecule has 3 atom stereocenters. The normalized spacial score (nSPS) is 22.3. The summed E-state index contributed by atoms with van der Waals surface area (Å²) in [4.78, 5) is 37.6. The van der Waals surface area contributed by atoms with E-state index < -0.39 is 30.1 Å². The number of carbonyl (C=O) groups excluding carboxylic acids is 2. The van der Waals surface area contributed by atoms with E-state index in [-0.39, 0.29) is 24.3 Å². The molecule has 2 aromatic carbocycles. The second-order valence-electron chi connectivity index (χ2n) is 9.98. The van der Waals surface area contributed by atoms with Gasteiger partial charge in [-0.25, -0.2) is 4.79 Å². The van der Waals surface area contributed by atoms with Crippen molar-refractivity contribution in [3.05, 3.63) is 59.7 Å². The summed E-state index contributed by atoms with van der Waals surface area (Å²) >= 11 is 0. The Bertz CT molecular complexity index is 1070. The van der Waals surface area contributed by atoms with Crippen LogP contribution in [-0.4, -0.2) is 41.8 Å². The number of benzene rings is 2. The molecule has 7 heteroatoms. The summed E-state index contributed by atoms with van der Waals surface area (Å²) in [5, 5.41) is 15.4. The predicted octanol–water partition coefficient (Wildman–Crippen LogP) is 4.45. The molecule has 0 aliphatic heterocycles. The largest absolute Gasteiger partial charge is 0.481 e. The predicted molar refractivity (Wildman–Crippen MR) is 131 cm³/mol. The first kappa shape index (κ1) is 23.4. The quantitative estimate of drug-likeness (QED) is 0.512. The number of carbonyl (C=O) groups is 3. The molecule has 2 amide bonds. The smallest absolute Gasteiger partial charge is 0.407 e. The zero-order valence-corrected chi connectivity index (χ0v) is 19.7. The van der Waals surface area contributed by atoms with Crippen molar-refractivity contribution in [1.82, 2.24) is 10.6 Å². The van der Waals surface area contributed by atoms with E-state index in [4.69, 9.17) is 4.74 Å². The average Bonchev–Trinajstić information content (AvgIpc) is 3.67. The number of alkyl carbamates (subject to hydrolysis) is 1. The van der Waals surface area contributed by atoms with Gasteiger partial charge in [0.25, 0.3) is 0 Å². The highest BCUT2D eigenvalue weighted by molar-refractivity contribution is 5.87. The standard InChI is InChI=1S/C28H32N2O5/c31-26(29-24-13-3-1-2-12-22(24)27(32)33)25(17-14-15-17)30-28(34)35-16-23-20-10-6-4-8-18(20)19-9-5-7-11-21(19)23/h4-11,17,22-25H,1-3,12-16H2,(H,29,31)(H,30,34)(H,32,33)/t22-,24+,25?/m1/s1. The van der Waals surface area contributed by atoms with Crippen LogP contribution in [-0.2, 0) is 14.3 Å². The van der Waals surface area contributed by atoms with Crippen molar-refractivity contribution in [2.24, 2.45) is 11.8 Å². The van der Waals surface area contributed by atoms with Crippen LogP contribution in [0.1, 0.15) is 62.0 Å². The Morgan fingerprint density at radius 1 is 0.886 bits per heavy atom. The zero-order valence-electron chi connectivity index (χ0n) is 19.7. The Morgan fingerprint density at radius 2 is 1.51 bits per heavy atom. The summed E-state index contributed by atoms with van der Waals surface area (Å²) in [5.74, 6) is -1.76. The number of hydrogen-bond acceptors (Lipinski definition) is 4. The van der Waals surface area contributed by atoms with Crippen LogP contribution in [0.2, 0.25) is 0 Å². The van der Waals surface area contributed by atoms with Gasteiger partial charge in [-0.2, -0.15) is 0 Å². The molecule has 0 radical (unpaired) electrons. The van der Waals surface area contributed by atoms with Crippen LogP contribution in [0, 0.1) is 11.8 Å². The Balaban J connectivity index is 1.22. The molecule has 3 N–H and O–H groups in total. The zero-order chi connectivity index (χ0) is 24.4. The molecule has 0 saturated heterocycles. The molecule has 1 unspecified atom stereocenters. The second kappa shape index (κ2) is 10.1. The number of amides is 2. The van der Waals surface area contributed by atoms with Crippen LogP contribution >= 0.6 is 0 Å². The van der Waals surface area contributed by atoms with E-state index >= 15 is 0 Å². The van der Waals surface area contributed by atoms with Gasteiger partial charge in [0.05, 0.1) is 5.92 Å². The number of ether oxygens (including phenoxy) is 1. The fourth-order valence-corrected chi connectivity index (χ4v) is 5.64. The van der Waals surface area contributed by atoms with E-state index in [9.17, 15) is 19.5 Å². The molecular weight excluding hydrogens is 444 g/mol. The van der Waals surface area contributed by atoms with Gasteiger partial charge in [0.15, 0.2) is 0 Å². The van der Waals surface area contributed by atoms with Crippen LogP contribution in [0.15, 0.2) is 48.5 Å². The molecule has 2 fully saturated rings. The molecule has 0 spiro atoms. The first-order valence-corrected chi connectivity index (χ1v) is 12.7. The maximum atomic E-state index is 13.1. The minimum absolute atomic E-state index is 0.0522. The summed E-state index contributed by atoms with van der Waals surface area (Å²) in [6, 6.07) is 15.2. The maximum absolute atomic E-state index is 13.1. The third-order valence-electron chi connectivity index (χ3n) is 7.65. The van der Waals surface area contributed by atoms with E-state index in [0.717, 1.165) is 54.4 Å². The molecule has 5 rings (SSSR count). The van der Waals surface area contributed by atoms with Crippen molar-refractivity contribution >= 4 is 18.0 Å². The summed E-state index contributed by atoms with van der Waals surface area (Å²) in [5.41, 5.74) is 4.57. The van der Waals surface area contributed by atoms with Crippen molar-refractivity contribution in [3.63, 3.8) is 0 Å². The Hall–Kier alpha value is -3.35. The minimum atomic E-state index is -0.871. The van der Waals surface area contributed by atoms with Crippen LogP contribution in [0.3, 0.4) is 0 Å². The highest BCUT2D eigenvalue weighted by Crippen LogP contribution is 2.44. The number of carboxylic acids is 1. The van der Waals surface area contributed by atoms with E-state index in [0.29, 0.717) is 12.8 Å². The van der Waals surface area contributed by atoms with Gasteiger partial charge in [0, 0.05) is 12.0 Å². The van der Waals surface area contributed by atoms with Crippen molar-refractivity contribution in [2.75, 3.05) is 6.61 Å². The third-order valence-corrected chi connectivity index (χ3v) is 7.65. The number of nitrogens with one attached hydrogen (secondary N) is 2. The van der Waals surface area contributed by atoms with Crippen molar-refractivity contribution in [1.29, 1.82) is 0 Å². The number of aliphatic carboxylic acids is 1. The lowest BCUT2D eigenvalue weighted by molar-refractivity contribution is -0.143. The van der Waals surface area contributed by atoms with Gasteiger partial charge in [-0.15, -0.1) is 0 Å². The van der Waals surface area contributed by atoms with Crippen LogP contribution < -0.4 is 10.6 Å². The molecule has 2 aromatic rings. The van der Waals surface area contributed by atoms with E-state index in [1.807, 2.05) is 24.3 Å². The van der Waals surface area contributed by atoms with Gasteiger partial charge in [-0.05, 0) is 53.9 Å². The molecule has 2 saturated carbocycles. The lowest BCUT2D eigenvalue weighted by Gasteiger charge is -2.26. The first-order valence-electron chi connectivity index (χ1n) is 12.7. The fourth-order valence-electron chi connectivity index (χ4n) is 5.64. The molecule has 3 aliphatic rings. The topological polar surface area (TPSA) is 105 Å². The monoisotopic (exact) mass is 476 g/mol. The van der Waals surface area contributed by atoms with Gasteiger partial charge in [0.2, 0.25) is 5.91 Å². The van der Waals surface area contributed by atoms with Gasteiger partial charge in [-0.3, -0.25) is 9.59 Å². The van der Waals surface area contributed by atoms with Crippen LogP contribution in [0.4, 0.5) is 4.79 Å². The van der Waals surface area contributed by atoms with Gasteiger partial charge >= 0.3 is 12.1 Å². The minimum Gasteiger partial charge on any atom is -0.481 e. The fraction of sp³-hybridized carbons (Fsp3) is 0.464. The van der Waals surface area contributed by atoms with Gasteiger partial charge in [0.1, 0.15) is 12.6 Å². The van der Waals surface area contributed by atoms with E-state index in [1.165, 1.54) is 0 Å². The van der Waals surface area contributed by atoms with Crippen LogP contribution in [0.25, 0.3) is 11.1 Å². The molecule has 3 aliphatic carbocycles. The average molecular weight is 477 g/mol. The number of hydrogen-bond donors (Lipinski definition) is 3. The summed E-state index contributed by atoms with van der Waals surface area (Å²) < 4.78 is 5.64. The summed E-state index contributed by atoms with van der Waals surface area (Å²) in [6.07, 6.45) is 5.02. The maximum Gasteiger partial charge on any atom is 0.407 e. The number of carboxylic acid groups (broad SMARTS) is 1. The van der Waals surface area contributed by atoms with Crippen molar-refractivity contribution in [2.45, 2.75) is 62.9 Å². The van der Waals surface area contributed by atoms with E-state index in [1.54, 1.807) is 0 Å². The third kappa shape index (κ3) is 5.04. The van der Waals surface area contributed by atoms with Crippen molar-refractivity contribution in [3.8, 4) is 11.1 Å². The first-order chi connectivity index (χ1) is 17.0. The second-order valence-corrected chi connectivity index (χ2v) is 9.98. The lowest BCUT2D eigenvalue weighted by atomic mass is 9.94. The molecular formula is C28H32N2O5. The molecule has 0 bridgehead atoms. The highest BCUT2D eigenvalue weighted by Gasteiger charge is 2.40. The van der Waals surface area contributed by atoms with Gasteiger partial charge < -0.3 is 20.5 Å². The number of rotatable bonds is 7. The van der Waals surface area contributed by atoms with E-state index in [2.05, 4.69) is 34.9 Å². The Labute approximate surface area is 205 Å². The van der Waals surface area contributed by atoms with Crippen LogP contribution in [0.5, 0.6) is 0 Å². The molecule has 7 nitrogen and oxygen atoms in total. The molecule has 0 heterocycles. The molecule has 184 valence electrons. The molecule has 0 aromatic heterocycles. The highest BCUT2D eigenvalue weighted by atomic mass is 16.5. The Kier molecular flexibility index (Phi) is 6.75.